The van der Waals surface area contributed by atoms with Crippen LogP contribution in [0.2, 0.25) is 0 Å². The van der Waals surface area contributed by atoms with Crippen LogP contribution < -0.4 is 5.32 Å². The van der Waals surface area contributed by atoms with Crippen molar-refractivity contribution < 1.29 is 28.2 Å². The second-order valence-corrected chi connectivity index (χ2v) is 8.13. The molecule has 0 spiro atoms. The molecule has 140 valence electrons. The monoisotopic (exact) mass is 386 g/mol. The number of nitrogens with one attached hydrogen (secondary N) is 1. The molecule has 2 N–H and O–H groups in total. The molecule has 26 heavy (non-hydrogen) atoms. The Balaban J connectivity index is 1.71. The summed E-state index contributed by atoms with van der Waals surface area (Å²) in [5, 5.41) is 33.5. The molecule has 2 fully saturated rings. The fourth-order valence-corrected chi connectivity index (χ4v) is 4.59. The first-order valence-corrected chi connectivity index (χ1v) is 9.14. The van der Waals surface area contributed by atoms with E-state index in [2.05, 4.69) is 5.32 Å². The van der Waals surface area contributed by atoms with Gasteiger partial charge in [0.05, 0.1) is 15.9 Å². The van der Waals surface area contributed by atoms with Gasteiger partial charge in [0, 0.05) is 25.2 Å². The fourth-order valence-electron chi connectivity index (χ4n) is 3.29. The van der Waals surface area contributed by atoms with Gasteiger partial charge in [-0.2, -0.15) is 0 Å². The molecule has 0 bridgehead atoms. The van der Waals surface area contributed by atoms with E-state index in [1.165, 1.54) is 4.90 Å². The van der Waals surface area contributed by atoms with Gasteiger partial charge in [-0.15, -0.1) is 0 Å². The van der Waals surface area contributed by atoms with Gasteiger partial charge >= 0.3 is 6.09 Å². The van der Waals surface area contributed by atoms with Gasteiger partial charge in [0.1, 0.15) is 10.8 Å². The molecule has 0 aromatic heterocycles. The first-order chi connectivity index (χ1) is 12.1. The Bertz CT molecular complexity index is 889. The van der Waals surface area contributed by atoms with E-state index in [1.54, 1.807) is 0 Å². The third kappa shape index (κ3) is 3.17. The molecule has 1 heterocycles. The molecule has 1 aliphatic heterocycles. The topological polar surface area (TPSA) is 173 Å². The van der Waals surface area contributed by atoms with E-state index in [0.717, 1.165) is 12.1 Å². The van der Waals surface area contributed by atoms with Gasteiger partial charge in [0.25, 0.3) is 11.4 Å². The number of carbonyl (C=O) groups is 1. The van der Waals surface area contributed by atoms with Crippen LogP contribution in [0.4, 0.5) is 16.2 Å². The van der Waals surface area contributed by atoms with Crippen molar-refractivity contribution in [1.82, 2.24) is 10.2 Å². The number of hydrogen-bond acceptors (Lipinski definition) is 8. The van der Waals surface area contributed by atoms with Gasteiger partial charge < -0.3 is 10.0 Å². The predicted molar refractivity (Wildman–Crippen MR) is 85.3 cm³/mol. The van der Waals surface area contributed by atoms with Crippen LogP contribution in [-0.2, 0) is 9.84 Å². The third-order valence-corrected chi connectivity index (χ3v) is 6.22. The Labute approximate surface area is 146 Å². The lowest BCUT2D eigenvalue weighted by Crippen LogP contribution is -2.36. The first-order valence-electron chi connectivity index (χ1n) is 7.48. The lowest BCUT2D eigenvalue weighted by atomic mass is 10.3. The normalized spacial score (nSPS) is 24.2. The minimum Gasteiger partial charge on any atom is -0.465 e. The Morgan fingerprint density at radius 3 is 2.35 bits per heavy atom. The van der Waals surface area contributed by atoms with Crippen LogP contribution in [0.5, 0.6) is 0 Å². The van der Waals surface area contributed by atoms with Crippen LogP contribution in [0.15, 0.2) is 23.1 Å². The number of nitro benzene ring substituents is 2. The number of hydrogen-bond donors (Lipinski definition) is 2. The Hall–Kier alpha value is -2.80. The van der Waals surface area contributed by atoms with Crippen LogP contribution in [-0.4, -0.2) is 59.4 Å². The molecule has 1 aliphatic carbocycles. The van der Waals surface area contributed by atoms with E-state index >= 15 is 0 Å². The van der Waals surface area contributed by atoms with Crippen molar-refractivity contribution in [3.63, 3.8) is 0 Å². The summed E-state index contributed by atoms with van der Waals surface area (Å²) >= 11 is 0. The fraction of sp³-hybridized carbons (Fsp3) is 0.462. The summed E-state index contributed by atoms with van der Waals surface area (Å²) in [6.45, 7) is 0.630. The summed E-state index contributed by atoms with van der Waals surface area (Å²) in [6, 6.07) is 2.20. The Kier molecular flexibility index (Phi) is 4.28. The highest BCUT2D eigenvalue weighted by Crippen LogP contribution is 2.45. The SMILES string of the molecule is O=C(O)N1C[C@@H]2C(NCS(=O)(=O)c3ccc([N+](=O)[O-])cc3[N+](=O)[O-])[C@@H]2C1. The standard InChI is InChI=1S/C13H14N4O8S/c18-13(19)15-4-8-9(5-15)12(8)14-6-26(24,25)11-2-1-7(16(20)21)3-10(11)17(22)23/h1-3,8-9,12,14H,4-6H2,(H,18,19)/t8-,9+,12?. The molecule has 0 radical (unpaired) electrons. The third-order valence-electron chi connectivity index (χ3n) is 4.66. The highest BCUT2D eigenvalue weighted by molar-refractivity contribution is 7.91. The number of rotatable bonds is 6. The van der Waals surface area contributed by atoms with Crippen LogP contribution in [0.3, 0.4) is 0 Å². The van der Waals surface area contributed by atoms with Crippen molar-refractivity contribution in [2.45, 2.75) is 10.9 Å². The molecule has 1 saturated carbocycles. The minimum atomic E-state index is -4.10. The van der Waals surface area contributed by atoms with Crippen LogP contribution in [0.25, 0.3) is 0 Å². The number of benzene rings is 1. The molecule has 1 amide bonds. The van der Waals surface area contributed by atoms with E-state index in [1.807, 2.05) is 0 Å². The van der Waals surface area contributed by atoms with Crippen molar-refractivity contribution in [3.05, 3.63) is 38.4 Å². The summed E-state index contributed by atoms with van der Waals surface area (Å²) in [6.07, 6.45) is -1.02. The molecule has 12 nitrogen and oxygen atoms in total. The number of likely N-dealkylation sites (tertiary alicyclic amines) is 1. The molecule has 1 unspecified atom stereocenters. The molecular weight excluding hydrogens is 372 g/mol. The average Bonchev–Trinajstić information content (AvgIpc) is 3.01. The highest BCUT2D eigenvalue weighted by Gasteiger charge is 2.56. The molecule has 1 saturated heterocycles. The van der Waals surface area contributed by atoms with Crippen molar-refractivity contribution in [1.29, 1.82) is 0 Å². The second kappa shape index (κ2) is 6.17. The number of fused-ring (bicyclic) bond motifs is 1. The van der Waals surface area contributed by atoms with E-state index in [9.17, 15) is 33.4 Å². The number of amides is 1. The zero-order valence-electron chi connectivity index (χ0n) is 13.1. The molecule has 1 aromatic carbocycles. The quantitative estimate of drug-likeness (QED) is 0.519. The Morgan fingerprint density at radius 2 is 1.85 bits per heavy atom. The molecule has 1 aromatic rings. The van der Waals surface area contributed by atoms with Gasteiger partial charge in [-0.25, -0.2) is 13.2 Å². The van der Waals surface area contributed by atoms with Gasteiger partial charge in [0.15, 0.2) is 9.84 Å². The number of nitrogens with zero attached hydrogens (tertiary/aromatic N) is 3. The molecular formula is C13H14N4O8S. The maximum atomic E-state index is 12.4. The van der Waals surface area contributed by atoms with E-state index < -0.39 is 47.9 Å². The zero-order valence-corrected chi connectivity index (χ0v) is 14.0. The van der Waals surface area contributed by atoms with Gasteiger partial charge in [-0.3, -0.25) is 25.5 Å². The van der Waals surface area contributed by atoms with E-state index in [4.69, 9.17) is 5.11 Å². The smallest absolute Gasteiger partial charge is 0.407 e. The number of piperidine rings is 1. The van der Waals surface area contributed by atoms with E-state index in [-0.39, 0.29) is 17.9 Å². The van der Waals surface area contributed by atoms with Crippen LogP contribution in [0, 0.1) is 32.1 Å². The summed E-state index contributed by atoms with van der Waals surface area (Å²) in [7, 11) is -4.10. The maximum Gasteiger partial charge on any atom is 0.407 e. The van der Waals surface area contributed by atoms with Crippen LogP contribution >= 0.6 is 0 Å². The van der Waals surface area contributed by atoms with Crippen molar-refractivity contribution in [3.8, 4) is 0 Å². The molecule has 2 aliphatic rings. The molecule has 3 rings (SSSR count). The number of sulfone groups is 1. The number of nitro groups is 2. The average molecular weight is 386 g/mol. The Morgan fingerprint density at radius 1 is 1.23 bits per heavy atom. The van der Waals surface area contributed by atoms with Crippen LogP contribution in [0.1, 0.15) is 0 Å². The number of non-ortho nitro benzene ring substituents is 1. The number of carboxylic acid groups (broad SMARTS) is 1. The predicted octanol–water partition coefficient (Wildman–Crippen LogP) is 0.432. The van der Waals surface area contributed by atoms with Crippen molar-refractivity contribution in [2.75, 3.05) is 19.0 Å². The van der Waals surface area contributed by atoms with Crippen molar-refractivity contribution in [2.24, 2.45) is 11.8 Å². The van der Waals surface area contributed by atoms with E-state index in [0.29, 0.717) is 19.2 Å². The lowest BCUT2D eigenvalue weighted by Gasteiger charge is -2.16. The summed E-state index contributed by atoms with van der Waals surface area (Å²) in [5.41, 5.74) is -1.43. The summed E-state index contributed by atoms with van der Waals surface area (Å²) in [4.78, 5) is 31.5. The maximum absolute atomic E-state index is 12.4. The first kappa shape index (κ1) is 18.0. The summed E-state index contributed by atoms with van der Waals surface area (Å²) < 4.78 is 24.8. The summed E-state index contributed by atoms with van der Waals surface area (Å²) in [5.74, 6) is -0.530. The van der Waals surface area contributed by atoms with Gasteiger partial charge in [-0.1, -0.05) is 0 Å². The lowest BCUT2D eigenvalue weighted by molar-refractivity contribution is -0.396. The van der Waals surface area contributed by atoms with Crippen molar-refractivity contribution >= 4 is 27.3 Å². The minimum absolute atomic E-state index is 0.0214. The van der Waals surface area contributed by atoms with Gasteiger partial charge in [0.2, 0.25) is 0 Å². The largest absolute Gasteiger partial charge is 0.465 e. The second-order valence-electron chi connectivity index (χ2n) is 6.17. The zero-order chi connectivity index (χ0) is 19.2. The molecule has 13 heteroatoms. The molecule has 3 atom stereocenters. The van der Waals surface area contributed by atoms with Gasteiger partial charge in [-0.05, 0) is 17.9 Å². The highest BCUT2D eigenvalue weighted by atomic mass is 32.2.